The van der Waals surface area contributed by atoms with Gasteiger partial charge >= 0.3 is 6.03 Å². The molecule has 0 aliphatic carbocycles. The van der Waals surface area contributed by atoms with Gasteiger partial charge in [-0.2, -0.15) is 0 Å². The first-order valence-electron chi connectivity index (χ1n) is 8.08. The van der Waals surface area contributed by atoms with Crippen molar-refractivity contribution in [1.82, 2.24) is 10.2 Å². The molecule has 2 rings (SSSR count). The highest BCUT2D eigenvalue weighted by Gasteiger charge is 2.48. The molecule has 24 heavy (non-hydrogen) atoms. The van der Waals surface area contributed by atoms with Crippen LogP contribution in [0.15, 0.2) is 12.3 Å². The lowest BCUT2D eigenvalue weighted by Crippen LogP contribution is -2.66. The number of ether oxygens (including phenoxy) is 1. The van der Waals surface area contributed by atoms with E-state index in [0.717, 1.165) is 17.7 Å². The Morgan fingerprint density at radius 3 is 2.67 bits per heavy atom. The van der Waals surface area contributed by atoms with Gasteiger partial charge in [0.1, 0.15) is 18.3 Å². The number of aliphatic hydroxyl groups is 3. The van der Waals surface area contributed by atoms with Crippen LogP contribution in [0.25, 0.3) is 0 Å². The third-order valence-electron chi connectivity index (χ3n) is 4.31. The SMILES string of the molecule is CCCCCC(=O)C1(N)C=CN([C@@H]2O[C@H](CO)[C@@H](O)[C@H]2O)C(=O)N1. The fourth-order valence-corrected chi connectivity index (χ4v) is 2.76. The summed E-state index contributed by atoms with van der Waals surface area (Å²) in [5.74, 6) is -0.304. The Hall–Kier alpha value is -1.52. The smallest absolute Gasteiger partial charge is 0.325 e. The number of hydrogen-bond donors (Lipinski definition) is 5. The number of nitrogens with zero attached hydrogens (tertiary/aromatic N) is 1. The van der Waals surface area contributed by atoms with Crippen LogP contribution in [-0.2, 0) is 9.53 Å². The Bertz CT molecular complexity index is 513. The number of amides is 2. The predicted molar refractivity (Wildman–Crippen MR) is 83.3 cm³/mol. The van der Waals surface area contributed by atoms with Gasteiger partial charge in [-0.15, -0.1) is 0 Å². The average molecular weight is 343 g/mol. The van der Waals surface area contributed by atoms with E-state index in [1.807, 2.05) is 6.92 Å². The Kier molecular flexibility index (Phi) is 5.94. The van der Waals surface area contributed by atoms with E-state index < -0.39 is 42.8 Å². The summed E-state index contributed by atoms with van der Waals surface area (Å²) in [6.07, 6.45) is 0.526. The number of ketones is 1. The van der Waals surface area contributed by atoms with E-state index in [4.69, 9.17) is 15.6 Å². The quantitative estimate of drug-likeness (QED) is 0.364. The number of nitrogens with one attached hydrogen (secondary N) is 1. The summed E-state index contributed by atoms with van der Waals surface area (Å²) in [5, 5.41) is 31.2. The molecule has 136 valence electrons. The molecule has 0 spiro atoms. The molecular weight excluding hydrogens is 318 g/mol. The van der Waals surface area contributed by atoms with Gasteiger partial charge in [0.05, 0.1) is 6.61 Å². The van der Waals surface area contributed by atoms with Crippen LogP contribution in [0.3, 0.4) is 0 Å². The summed E-state index contributed by atoms with van der Waals surface area (Å²) in [6, 6.07) is -0.723. The molecule has 2 heterocycles. The van der Waals surface area contributed by atoms with Gasteiger partial charge in [-0.05, 0) is 12.5 Å². The third-order valence-corrected chi connectivity index (χ3v) is 4.31. The van der Waals surface area contributed by atoms with Crippen molar-refractivity contribution in [3.63, 3.8) is 0 Å². The molecule has 9 nitrogen and oxygen atoms in total. The van der Waals surface area contributed by atoms with Crippen LogP contribution in [0.5, 0.6) is 0 Å². The molecule has 0 bridgehead atoms. The molecule has 9 heteroatoms. The maximum Gasteiger partial charge on any atom is 0.325 e. The highest BCUT2D eigenvalue weighted by molar-refractivity contribution is 5.95. The maximum absolute atomic E-state index is 12.3. The normalized spacial score (nSPS) is 36.0. The molecule has 0 aromatic rings. The Morgan fingerprint density at radius 2 is 2.12 bits per heavy atom. The molecule has 2 amide bonds. The molecule has 0 radical (unpaired) electrons. The lowest BCUT2D eigenvalue weighted by atomic mass is 9.98. The number of nitrogens with two attached hydrogens (primary N) is 1. The number of Topliss-reactive ketones (excluding diaryl/α,β-unsaturated/α-hetero) is 1. The van der Waals surface area contributed by atoms with Gasteiger partial charge in [0.15, 0.2) is 17.7 Å². The van der Waals surface area contributed by atoms with Gasteiger partial charge in [-0.3, -0.25) is 15.4 Å². The van der Waals surface area contributed by atoms with E-state index in [1.54, 1.807) is 0 Å². The van der Waals surface area contributed by atoms with E-state index in [1.165, 1.54) is 12.3 Å². The zero-order valence-electron chi connectivity index (χ0n) is 13.6. The first-order valence-corrected chi connectivity index (χ1v) is 8.08. The molecule has 6 N–H and O–H groups in total. The lowest BCUT2D eigenvalue weighted by Gasteiger charge is -2.36. The molecule has 1 saturated heterocycles. The zero-order valence-corrected chi connectivity index (χ0v) is 13.6. The number of carbonyl (C=O) groups excluding carboxylic acids is 2. The van der Waals surface area contributed by atoms with Crippen molar-refractivity contribution in [3.05, 3.63) is 12.3 Å². The van der Waals surface area contributed by atoms with E-state index in [-0.39, 0.29) is 12.2 Å². The van der Waals surface area contributed by atoms with Crippen LogP contribution in [0, 0.1) is 0 Å². The highest BCUT2D eigenvalue weighted by Crippen LogP contribution is 2.26. The van der Waals surface area contributed by atoms with Crippen LogP contribution in [0.2, 0.25) is 0 Å². The van der Waals surface area contributed by atoms with Gasteiger partial charge in [0, 0.05) is 12.6 Å². The second-order valence-corrected chi connectivity index (χ2v) is 6.13. The second-order valence-electron chi connectivity index (χ2n) is 6.13. The summed E-state index contributed by atoms with van der Waals surface area (Å²) >= 11 is 0. The Balaban J connectivity index is 2.07. The van der Waals surface area contributed by atoms with Gasteiger partial charge in [-0.25, -0.2) is 4.79 Å². The zero-order chi connectivity index (χ0) is 17.9. The Labute approximate surface area is 140 Å². The van der Waals surface area contributed by atoms with Gasteiger partial charge in [0.25, 0.3) is 0 Å². The summed E-state index contributed by atoms with van der Waals surface area (Å²) in [5.41, 5.74) is 4.37. The summed E-state index contributed by atoms with van der Waals surface area (Å²) in [6.45, 7) is 1.52. The van der Waals surface area contributed by atoms with Crippen molar-refractivity contribution in [2.24, 2.45) is 5.73 Å². The fourth-order valence-electron chi connectivity index (χ4n) is 2.76. The van der Waals surface area contributed by atoms with Crippen molar-refractivity contribution in [3.8, 4) is 0 Å². The van der Waals surface area contributed by atoms with E-state index in [9.17, 15) is 19.8 Å². The Morgan fingerprint density at radius 1 is 1.42 bits per heavy atom. The number of rotatable bonds is 7. The molecule has 1 unspecified atom stereocenters. The molecule has 0 aromatic carbocycles. The predicted octanol–water partition coefficient (Wildman–Crippen LogP) is -1.23. The van der Waals surface area contributed by atoms with Crippen molar-refractivity contribution >= 4 is 11.8 Å². The lowest BCUT2D eigenvalue weighted by molar-refractivity contribution is -0.124. The summed E-state index contributed by atoms with van der Waals surface area (Å²) in [7, 11) is 0. The molecule has 1 fully saturated rings. The highest BCUT2D eigenvalue weighted by atomic mass is 16.6. The van der Waals surface area contributed by atoms with Crippen LogP contribution in [0.1, 0.15) is 32.6 Å². The first kappa shape index (κ1) is 18.8. The van der Waals surface area contributed by atoms with Crippen molar-refractivity contribution in [2.75, 3.05) is 6.61 Å². The van der Waals surface area contributed by atoms with Crippen LogP contribution in [-0.4, -0.2) is 68.8 Å². The number of hydrogen-bond acceptors (Lipinski definition) is 7. The third kappa shape index (κ3) is 3.60. The van der Waals surface area contributed by atoms with Gasteiger partial charge in [0.2, 0.25) is 0 Å². The van der Waals surface area contributed by atoms with E-state index >= 15 is 0 Å². The molecular formula is C15H25N3O6. The molecule has 5 atom stereocenters. The van der Waals surface area contributed by atoms with Crippen LogP contribution >= 0.6 is 0 Å². The van der Waals surface area contributed by atoms with Crippen molar-refractivity contribution < 1.29 is 29.6 Å². The molecule has 2 aliphatic rings. The summed E-state index contributed by atoms with van der Waals surface area (Å²) < 4.78 is 5.29. The number of carbonyl (C=O) groups is 2. The molecule has 0 aromatic heterocycles. The minimum atomic E-state index is -1.60. The first-order chi connectivity index (χ1) is 11.3. The van der Waals surface area contributed by atoms with Crippen LogP contribution in [0.4, 0.5) is 4.79 Å². The minimum absolute atomic E-state index is 0.253. The molecule has 0 saturated carbocycles. The summed E-state index contributed by atoms with van der Waals surface area (Å²) in [4.78, 5) is 25.5. The van der Waals surface area contributed by atoms with Crippen LogP contribution < -0.4 is 11.1 Å². The van der Waals surface area contributed by atoms with Crippen molar-refractivity contribution in [1.29, 1.82) is 0 Å². The van der Waals surface area contributed by atoms with Crippen molar-refractivity contribution in [2.45, 2.75) is 62.8 Å². The minimum Gasteiger partial charge on any atom is -0.394 e. The topological polar surface area (TPSA) is 145 Å². The maximum atomic E-state index is 12.3. The standard InChI is InChI=1S/C15H25N3O6/c1-2-3-4-5-10(20)15(16)6-7-18(14(23)17-15)13-12(22)11(21)9(8-19)24-13/h6-7,9,11-13,19,21-22H,2-5,8,16H2,1H3,(H,17,23)/t9-,11-,12-,13-,15?/m1/s1. The monoisotopic (exact) mass is 343 g/mol. The van der Waals surface area contributed by atoms with Gasteiger partial charge < -0.3 is 25.4 Å². The molecule has 2 aliphatic heterocycles. The largest absolute Gasteiger partial charge is 0.394 e. The van der Waals surface area contributed by atoms with E-state index in [2.05, 4.69) is 5.32 Å². The van der Waals surface area contributed by atoms with E-state index in [0.29, 0.717) is 6.42 Å². The average Bonchev–Trinajstić information content (AvgIpc) is 2.83. The second kappa shape index (κ2) is 7.58. The van der Waals surface area contributed by atoms with Gasteiger partial charge in [-0.1, -0.05) is 19.8 Å². The number of urea groups is 1. The fraction of sp³-hybridized carbons (Fsp3) is 0.733. The number of aliphatic hydroxyl groups excluding tert-OH is 3. The number of unbranched alkanes of at least 4 members (excludes halogenated alkanes) is 2.